The summed E-state index contributed by atoms with van der Waals surface area (Å²) in [5.41, 5.74) is 6.81. The van der Waals surface area contributed by atoms with Gasteiger partial charge in [-0.25, -0.2) is 15.0 Å². The number of aromatic nitrogens is 3. The van der Waals surface area contributed by atoms with Gasteiger partial charge in [-0.2, -0.15) is 0 Å². The molecule has 2 rings (SSSR count). The van der Waals surface area contributed by atoms with Crippen molar-refractivity contribution in [2.24, 2.45) is 0 Å². The van der Waals surface area contributed by atoms with E-state index in [0.29, 0.717) is 17.0 Å². The second-order valence-corrected chi connectivity index (χ2v) is 4.00. The van der Waals surface area contributed by atoms with Crippen molar-refractivity contribution in [2.75, 3.05) is 5.73 Å². The number of carbonyl (C=O) groups is 1. The molecule has 0 fully saturated rings. The zero-order chi connectivity index (χ0) is 13.8. The molecule has 94 valence electrons. The van der Waals surface area contributed by atoms with E-state index >= 15 is 0 Å². The summed E-state index contributed by atoms with van der Waals surface area (Å²) in [5.74, 6) is 5.62. The van der Waals surface area contributed by atoms with Crippen molar-refractivity contribution in [3.63, 3.8) is 0 Å². The summed E-state index contributed by atoms with van der Waals surface area (Å²) < 4.78 is 0. The van der Waals surface area contributed by atoms with Gasteiger partial charge < -0.3 is 5.73 Å². The van der Waals surface area contributed by atoms with Crippen molar-refractivity contribution in [3.8, 4) is 11.8 Å². The van der Waals surface area contributed by atoms with Gasteiger partial charge in [-0.3, -0.25) is 4.79 Å². The van der Waals surface area contributed by atoms with Gasteiger partial charge in [-0.15, -0.1) is 0 Å². The highest BCUT2D eigenvalue weighted by atomic mass is 35.5. The van der Waals surface area contributed by atoms with Crippen molar-refractivity contribution in [1.82, 2.24) is 15.0 Å². The van der Waals surface area contributed by atoms with Crippen molar-refractivity contribution >= 4 is 23.2 Å². The molecule has 2 heterocycles. The first kappa shape index (κ1) is 13.0. The maximum absolute atomic E-state index is 11.2. The van der Waals surface area contributed by atoms with Gasteiger partial charge in [0.05, 0.1) is 0 Å². The van der Waals surface area contributed by atoms with Crippen LogP contribution < -0.4 is 5.73 Å². The maximum Gasteiger partial charge on any atom is 0.178 e. The lowest BCUT2D eigenvalue weighted by atomic mass is 10.2. The predicted octanol–water partition coefficient (Wildman–Crippen LogP) is 1.71. The fourth-order valence-electron chi connectivity index (χ4n) is 1.32. The molecule has 0 amide bonds. The van der Waals surface area contributed by atoms with Crippen molar-refractivity contribution < 1.29 is 4.79 Å². The second-order valence-electron chi connectivity index (χ2n) is 3.64. The van der Waals surface area contributed by atoms with E-state index < -0.39 is 0 Å². The Hall–Kier alpha value is -2.45. The number of Topliss-reactive ketones (excluding diaryl/α,β-unsaturated/α-hetero) is 1. The van der Waals surface area contributed by atoms with Crippen LogP contribution in [0.15, 0.2) is 24.5 Å². The molecular formula is C13H9ClN4O. The number of nitrogens with zero attached hydrogens (tertiary/aromatic N) is 3. The Balaban J connectivity index is 2.39. The number of nitrogens with two attached hydrogens (primary N) is 1. The molecule has 2 aromatic rings. The Morgan fingerprint density at radius 1 is 1.32 bits per heavy atom. The molecule has 0 spiro atoms. The van der Waals surface area contributed by atoms with Crippen LogP contribution in [0.5, 0.6) is 0 Å². The molecule has 0 saturated carbocycles. The Labute approximate surface area is 114 Å². The molecule has 0 bridgehead atoms. The summed E-state index contributed by atoms with van der Waals surface area (Å²) in [7, 11) is 0. The molecule has 2 aromatic heterocycles. The monoisotopic (exact) mass is 272 g/mol. The van der Waals surface area contributed by atoms with Crippen LogP contribution in [0.4, 0.5) is 5.82 Å². The molecule has 0 radical (unpaired) electrons. The number of ketones is 1. The molecule has 5 nitrogen and oxygen atoms in total. The molecule has 19 heavy (non-hydrogen) atoms. The third-order valence-electron chi connectivity index (χ3n) is 2.26. The minimum Gasteiger partial charge on any atom is -0.383 e. The number of anilines is 1. The van der Waals surface area contributed by atoms with E-state index in [1.165, 1.54) is 13.3 Å². The van der Waals surface area contributed by atoms with Crippen LogP contribution in [0.2, 0.25) is 5.15 Å². The summed E-state index contributed by atoms with van der Waals surface area (Å²) in [6.07, 6.45) is 1.26. The SMILES string of the molecule is CC(=O)c1cccc(C#Cc2c(N)ncnc2Cl)n1. The third-order valence-corrected chi connectivity index (χ3v) is 2.54. The van der Waals surface area contributed by atoms with E-state index in [0.717, 1.165) is 0 Å². The molecule has 2 N–H and O–H groups in total. The van der Waals surface area contributed by atoms with Gasteiger partial charge in [-0.05, 0) is 18.1 Å². The molecule has 0 aliphatic carbocycles. The minimum absolute atomic E-state index is 0.121. The summed E-state index contributed by atoms with van der Waals surface area (Å²) in [6.45, 7) is 1.44. The fraction of sp³-hybridized carbons (Fsp3) is 0.0769. The van der Waals surface area contributed by atoms with Gasteiger partial charge in [0.25, 0.3) is 0 Å². The summed E-state index contributed by atoms with van der Waals surface area (Å²) in [4.78, 5) is 22.9. The van der Waals surface area contributed by atoms with E-state index in [-0.39, 0.29) is 16.8 Å². The van der Waals surface area contributed by atoms with E-state index in [9.17, 15) is 4.79 Å². The van der Waals surface area contributed by atoms with Crippen LogP contribution in [0.3, 0.4) is 0 Å². The van der Waals surface area contributed by atoms with Crippen LogP contribution in [0, 0.1) is 11.8 Å². The van der Waals surface area contributed by atoms with Gasteiger partial charge in [0.2, 0.25) is 0 Å². The second kappa shape index (κ2) is 5.46. The Kier molecular flexibility index (Phi) is 3.74. The van der Waals surface area contributed by atoms with Gasteiger partial charge in [0, 0.05) is 6.92 Å². The smallest absolute Gasteiger partial charge is 0.178 e. The lowest BCUT2D eigenvalue weighted by Gasteiger charge is -1.98. The van der Waals surface area contributed by atoms with E-state index in [1.807, 2.05) is 0 Å². The highest BCUT2D eigenvalue weighted by Crippen LogP contribution is 2.15. The third kappa shape index (κ3) is 3.06. The number of carbonyl (C=O) groups excluding carboxylic acids is 1. The lowest BCUT2D eigenvalue weighted by molar-refractivity contribution is 0.101. The summed E-state index contributed by atoms with van der Waals surface area (Å²) >= 11 is 5.87. The molecule has 0 atom stereocenters. The molecule has 0 saturated heterocycles. The van der Waals surface area contributed by atoms with Gasteiger partial charge in [0.15, 0.2) is 5.78 Å². The van der Waals surface area contributed by atoms with Crippen LogP contribution in [0.25, 0.3) is 0 Å². The van der Waals surface area contributed by atoms with Crippen molar-refractivity contribution in [3.05, 3.63) is 46.6 Å². The summed E-state index contributed by atoms with van der Waals surface area (Å²) in [6, 6.07) is 5.02. The quantitative estimate of drug-likeness (QED) is 0.485. The number of nitrogen functional groups attached to an aromatic ring is 1. The Morgan fingerprint density at radius 2 is 2.11 bits per heavy atom. The minimum atomic E-state index is -0.121. The normalized spacial score (nSPS) is 9.58. The molecule has 0 aromatic carbocycles. The average molecular weight is 273 g/mol. The predicted molar refractivity (Wildman–Crippen MR) is 71.7 cm³/mol. The first-order chi connectivity index (χ1) is 9.08. The van der Waals surface area contributed by atoms with E-state index in [2.05, 4.69) is 26.8 Å². The maximum atomic E-state index is 11.2. The fourth-order valence-corrected chi connectivity index (χ4v) is 1.51. The van der Waals surface area contributed by atoms with Crippen LogP contribution in [0.1, 0.15) is 28.7 Å². The standard InChI is InChI=1S/C13H9ClN4O/c1-8(19)11-4-2-3-9(18-11)5-6-10-12(14)16-7-17-13(10)15/h2-4,7H,1H3,(H2,15,16,17). The zero-order valence-electron chi connectivity index (χ0n) is 10.0. The van der Waals surface area contributed by atoms with Crippen molar-refractivity contribution in [2.45, 2.75) is 6.92 Å². The molecule has 0 aliphatic rings. The highest BCUT2D eigenvalue weighted by molar-refractivity contribution is 6.30. The number of hydrogen-bond donors (Lipinski definition) is 1. The largest absolute Gasteiger partial charge is 0.383 e. The molecular weight excluding hydrogens is 264 g/mol. The van der Waals surface area contributed by atoms with Crippen molar-refractivity contribution in [1.29, 1.82) is 0 Å². The van der Waals surface area contributed by atoms with Gasteiger partial charge in [0.1, 0.15) is 34.2 Å². The van der Waals surface area contributed by atoms with Crippen LogP contribution in [-0.4, -0.2) is 20.7 Å². The number of halogens is 1. The number of hydrogen-bond acceptors (Lipinski definition) is 5. The molecule has 6 heteroatoms. The summed E-state index contributed by atoms with van der Waals surface area (Å²) in [5, 5.41) is 0.183. The van der Waals surface area contributed by atoms with Gasteiger partial charge >= 0.3 is 0 Å². The Morgan fingerprint density at radius 3 is 2.79 bits per heavy atom. The highest BCUT2D eigenvalue weighted by Gasteiger charge is 2.04. The van der Waals surface area contributed by atoms with Crippen LogP contribution >= 0.6 is 11.6 Å². The number of rotatable bonds is 1. The lowest BCUT2D eigenvalue weighted by Crippen LogP contribution is -1.98. The Bertz CT molecular complexity index is 683. The molecule has 0 unspecified atom stereocenters. The van der Waals surface area contributed by atoms with Crippen LogP contribution in [-0.2, 0) is 0 Å². The topological polar surface area (TPSA) is 81.8 Å². The first-order valence-corrected chi connectivity index (χ1v) is 5.71. The first-order valence-electron chi connectivity index (χ1n) is 5.34. The number of pyridine rings is 1. The molecule has 0 aliphatic heterocycles. The zero-order valence-corrected chi connectivity index (χ0v) is 10.8. The average Bonchev–Trinajstić information content (AvgIpc) is 2.38. The van der Waals surface area contributed by atoms with E-state index in [1.54, 1.807) is 18.2 Å². The van der Waals surface area contributed by atoms with E-state index in [4.69, 9.17) is 17.3 Å². The van der Waals surface area contributed by atoms with Gasteiger partial charge in [-0.1, -0.05) is 23.6 Å².